The summed E-state index contributed by atoms with van der Waals surface area (Å²) in [6.07, 6.45) is 2.91. The number of nitro benzene ring substituents is 1. The zero-order chi connectivity index (χ0) is 22.0. The lowest BCUT2D eigenvalue weighted by Crippen LogP contribution is -2.47. The number of nitro groups is 1. The third-order valence-corrected chi connectivity index (χ3v) is 5.79. The third-order valence-electron chi connectivity index (χ3n) is 5.56. The minimum Gasteiger partial charge on any atom is -0.333 e. The lowest BCUT2D eigenvalue weighted by molar-refractivity contribution is -0.385. The Balaban J connectivity index is 1.92. The maximum Gasteiger partial charge on any atom is 0.273 e. The topological polar surface area (TPSA) is 92.6 Å². The SMILES string of the molecule is Cc1ccc(C(=O)Nc2ccc(Cl)cc2C(=O)N2[C@H](C)CCC[C@@H]2C)cc1[N+](=O)[O-]. The van der Waals surface area contributed by atoms with Crippen LogP contribution in [0.3, 0.4) is 0 Å². The molecule has 0 radical (unpaired) electrons. The van der Waals surface area contributed by atoms with Crippen LogP contribution in [-0.2, 0) is 0 Å². The molecule has 3 rings (SSSR count). The monoisotopic (exact) mass is 429 g/mol. The van der Waals surface area contributed by atoms with Gasteiger partial charge in [-0.1, -0.05) is 17.7 Å². The summed E-state index contributed by atoms with van der Waals surface area (Å²) in [7, 11) is 0. The molecule has 0 aromatic heterocycles. The molecule has 2 amide bonds. The van der Waals surface area contributed by atoms with Crippen molar-refractivity contribution < 1.29 is 14.5 Å². The van der Waals surface area contributed by atoms with Crippen LogP contribution in [0.15, 0.2) is 36.4 Å². The number of nitrogens with zero attached hydrogens (tertiary/aromatic N) is 2. The predicted molar refractivity (Wildman–Crippen MR) is 116 cm³/mol. The number of amides is 2. The molecule has 7 nitrogen and oxygen atoms in total. The molecule has 0 spiro atoms. The van der Waals surface area contributed by atoms with Gasteiger partial charge in [0, 0.05) is 34.3 Å². The fraction of sp³-hybridized carbons (Fsp3) is 0.364. The summed E-state index contributed by atoms with van der Waals surface area (Å²) in [5.41, 5.74) is 1.10. The molecular weight excluding hydrogens is 406 g/mol. The molecule has 0 bridgehead atoms. The Hall–Kier alpha value is -2.93. The molecule has 0 aliphatic carbocycles. The number of aryl methyl sites for hydroxylation is 1. The van der Waals surface area contributed by atoms with E-state index in [2.05, 4.69) is 5.32 Å². The van der Waals surface area contributed by atoms with Crippen LogP contribution in [0.5, 0.6) is 0 Å². The average Bonchev–Trinajstić information content (AvgIpc) is 2.69. The highest BCUT2D eigenvalue weighted by atomic mass is 35.5. The summed E-state index contributed by atoms with van der Waals surface area (Å²) in [5, 5.41) is 14.3. The Morgan fingerprint density at radius 1 is 1.13 bits per heavy atom. The van der Waals surface area contributed by atoms with E-state index < -0.39 is 10.8 Å². The van der Waals surface area contributed by atoms with Gasteiger partial charge in [0.25, 0.3) is 17.5 Å². The summed E-state index contributed by atoms with van der Waals surface area (Å²) in [4.78, 5) is 38.6. The van der Waals surface area contributed by atoms with Crippen molar-refractivity contribution in [3.05, 3.63) is 68.2 Å². The Labute approximate surface area is 180 Å². The number of nitrogens with one attached hydrogen (secondary N) is 1. The van der Waals surface area contributed by atoms with Crippen molar-refractivity contribution in [3.8, 4) is 0 Å². The second kappa shape index (κ2) is 8.83. The van der Waals surface area contributed by atoms with Crippen LogP contribution in [0.1, 0.15) is 59.4 Å². The number of hydrogen-bond donors (Lipinski definition) is 1. The molecule has 2 atom stereocenters. The lowest BCUT2D eigenvalue weighted by Gasteiger charge is -2.39. The minimum absolute atomic E-state index is 0.0866. The van der Waals surface area contributed by atoms with Crippen LogP contribution >= 0.6 is 11.6 Å². The molecule has 0 saturated carbocycles. The summed E-state index contributed by atoms with van der Waals surface area (Å²) >= 11 is 6.14. The summed E-state index contributed by atoms with van der Waals surface area (Å²) in [6.45, 7) is 5.64. The molecule has 1 fully saturated rings. The van der Waals surface area contributed by atoms with Gasteiger partial charge in [0.1, 0.15) is 0 Å². The normalized spacial score (nSPS) is 18.7. The number of rotatable bonds is 4. The maximum absolute atomic E-state index is 13.3. The van der Waals surface area contributed by atoms with Gasteiger partial charge in [-0.3, -0.25) is 19.7 Å². The van der Waals surface area contributed by atoms with E-state index in [1.807, 2.05) is 18.7 Å². The van der Waals surface area contributed by atoms with E-state index in [0.717, 1.165) is 19.3 Å². The first kappa shape index (κ1) is 21.8. The first-order valence-electron chi connectivity index (χ1n) is 9.87. The third kappa shape index (κ3) is 4.46. The van der Waals surface area contributed by atoms with E-state index in [-0.39, 0.29) is 29.2 Å². The molecule has 1 heterocycles. The van der Waals surface area contributed by atoms with Gasteiger partial charge >= 0.3 is 0 Å². The van der Waals surface area contributed by atoms with Gasteiger partial charge in [-0.15, -0.1) is 0 Å². The Morgan fingerprint density at radius 3 is 2.43 bits per heavy atom. The quantitative estimate of drug-likeness (QED) is 0.533. The van der Waals surface area contributed by atoms with E-state index in [1.54, 1.807) is 25.1 Å². The zero-order valence-electron chi connectivity index (χ0n) is 17.1. The van der Waals surface area contributed by atoms with Crippen molar-refractivity contribution >= 4 is 34.8 Å². The van der Waals surface area contributed by atoms with Gasteiger partial charge < -0.3 is 10.2 Å². The highest BCUT2D eigenvalue weighted by Gasteiger charge is 2.31. The molecule has 2 aromatic rings. The number of halogens is 1. The number of anilines is 1. The van der Waals surface area contributed by atoms with Gasteiger partial charge in [0.2, 0.25) is 0 Å². The van der Waals surface area contributed by atoms with Gasteiger partial charge in [-0.2, -0.15) is 0 Å². The predicted octanol–water partition coefficient (Wildman–Crippen LogP) is 5.21. The molecule has 158 valence electrons. The van der Waals surface area contributed by atoms with Crippen molar-refractivity contribution in [2.45, 2.75) is 52.1 Å². The fourth-order valence-electron chi connectivity index (χ4n) is 3.90. The number of likely N-dealkylation sites (tertiary alicyclic amines) is 1. The van der Waals surface area contributed by atoms with Crippen molar-refractivity contribution in [1.82, 2.24) is 4.90 Å². The summed E-state index contributed by atoms with van der Waals surface area (Å²) in [6, 6.07) is 9.17. The minimum atomic E-state index is -0.533. The highest BCUT2D eigenvalue weighted by molar-refractivity contribution is 6.31. The molecular formula is C22H24ClN3O4. The average molecular weight is 430 g/mol. The Morgan fingerprint density at radius 2 is 1.80 bits per heavy atom. The molecule has 8 heteroatoms. The Kier molecular flexibility index (Phi) is 6.41. The maximum atomic E-state index is 13.3. The van der Waals surface area contributed by atoms with Crippen LogP contribution in [-0.4, -0.2) is 33.7 Å². The molecule has 2 aromatic carbocycles. The number of benzene rings is 2. The van der Waals surface area contributed by atoms with Crippen LogP contribution in [0, 0.1) is 17.0 Å². The summed E-state index contributed by atoms with van der Waals surface area (Å²) < 4.78 is 0. The van der Waals surface area contributed by atoms with Crippen LogP contribution in [0.4, 0.5) is 11.4 Å². The second-order valence-corrected chi connectivity index (χ2v) is 8.18. The smallest absolute Gasteiger partial charge is 0.273 e. The second-order valence-electron chi connectivity index (χ2n) is 7.74. The number of hydrogen-bond acceptors (Lipinski definition) is 4. The first-order chi connectivity index (χ1) is 14.2. The van der Waals surface area contributed by atoms with E-state index in [1.165, 1.54) is 18.2 Å². The van der Waals surface area contributed by atoms with E-state index >= 15 is 0 Å². The van der Waals surface area contributed by atoms with Gasteiger partial charge in [-0.25, -0.2) is 0 Å². The van der Waals surface area contributed by atoms with E-state index in [4.69, 9.17) is 11.6 Å². The molecule has 0 unspecified atom stereocenters. The van der Waals surface area contributed by atoms with Gasteiger partial charge in [0.05, 0.1) is 16.2 Å². The van der Waals surface area contributed by atoms with E-state index in [9.17, 15) is 19.7 Å². The van der Waals surface area contributed by atoms with Crippen molar-refractivity contribution in [2.24, 2.45) is 0 Å². The molecule has 30 heavy (non-hydrogen) atoms. The number of carbonyl (C=O) groups excluding carboxylic acids is 2. The van der Waals surface area contributed by atoms with Gasteiger partial charge in [0.15, 0.2) is 0 Å². The van der Waals surface area contributed by atoms with Gasteiger partial charge in [-0.05, 0) is 64.3 Å². The van der Waals surface area contributed by atoms with Crippen LogP contribution in [0.25, 0.3) is 0 Å². The van der Waals surface area contributed by atoms with Crippen molar-refractivity contribution in [3.63, 3.8) is 0 Å². The first-order valence-corrected chi connectivity index (χ1v) is 10.3. The van der Waals surface area contributed by atoms with Crippen LogP contribution < -0.4 is 5.32 Å². The molecule has 1 aliphatic heterocycles. The van der Waals surface area contributed by atoms with Crippen molar-refractivity contribution in [2.75, 3.05) is 5.32 Å². The Bertz CT molecular complexity index is 998. The number of piperidine rings is 1. The van der Waals surface area contributed by atoms with Crippen LogP contribution in [0.2, 0.25) is 5.02 Å². The van der Waals surface area contributed by atoms with E-state index in [0.29, 0.717) is 21.8 Å². The summed E-state index contributed by atoms with van der Waals surface area (Å²) in [5.74, 6) is -0.725. The molecule has 1 saturated heterocycles. The fourth-order valence-corrected chi connectivity index (χ4v) is 4.08. The molecule has 1 N–H and O–H groups in total. The standard InChI is InChI=1S/C22H24ClN3O4/c1-13-7-8-16(11-20(13)26(29)30)21(27)24-19-10-9-17(23)12-18(19)22(28)25-14(2)5-4-6-15(25)3/h7-12,14-15H,4-6H2,1-3H3,(H,24,27)/t14-,15+. The van der Waals surface area contributed by atoms with Crippen molar-refractivity contribution in [1.29, 1.82) is 0 Å². The zero-order valence-corrected chi connectivity index (χ0v) is 17.9. The number of carbonyl (C=O) groups is 2. The largest absolute Gasteiger partial charge is 0.333 e. The molecule has 1 aliphatic rings. The lowest BCUT2D eigenvalue weighted by atomic mass is 9.96. The highest BCUT2D eigenvalue weighted by Crippen LogP contribution is 2.29.